The highest BCUT2D eigenvalue weighted by atomic mass is 35.6. The maximum Gasteiger partial charge on any atom is 0.282 e. The van der Waals surface area contributed by atoms with Gasteiger partial charge in [-0.3, -0.25) is 14.9 Å². The van der Waals surface area contributed by atoms with Crippen LogP contribution in [0.4, 0.5) is 11.4 Å². The van der Waals surface area contributed by atoms with Gasteiger partial charge in [0.2, 0.25) is 3.79 Å². The molecular formula is C17H12Cl3N4O5S-. The zero-order valence-electron chi connectivity index (χ0n) is 14.7. The molecule has 2 aromatic rings. The molecule has 0 heterocycles. The summed E-state index contributed by atoms with van der Waals surface area (Å²) in [5.41, 5.74) is -0.773. The number of carboxylic acid groups (broad SMARTS) is 1. The number of nitrogens with one attached hydrogen (secondary N) is 3. The molecule has 0 aliphatic heterocycles. The summed E-state index contributed by atoms with van der Waals surface area (Å²) < 4.78 is -2.13. The highest BCUT2D eigenvalue weighted by Gasteiger charge is 2.36. The average Bonchev–Trinajstić information content (AvgIpc) is 2.66. The van der Waals surface area contributed by atoms with Crippen molar-refractivity contribution in [1.29, 1.82) is 0 Å². The minimum atomic E-state index is -2.13. The molecule has 30 heavy (non-hydrogen) atoms. The number of nitrogens with zero attached hydrogens (tertiary/aromatic N) is 1. The van der Waals surface area contributed by atoms with Crippen molar-refractivity contribution in [3.8, 4) is 0 Å². The molecule has 0 spiro atoms. The van der Waals surface area contributed by atoms with Gasteiger partial charge in [-0.1, -0.05) is 65.1 Å². The van der Waals surface area contributed by atoms with Crippen LogP contribution in [0, 0.1) is 10.1 Å². The van der Waals surface area contributed by atoms with E-state index in [1.54, 1.807) is 6.07 Å². The molecule has 158 valence electrons. The van der Waals surface area contributed by atoms with Gasteiger partial charge in [-0.15, -0.1) is 0 Å². The molecule has 0 saturated heterocycles. The summed E-state index contributed by atoms with van der Waals surface area (Å²) >= 11 is 22.8. The van der Waals surface area contributed by atoms with Crippen molar-refractivity contribution < 1.29 is 19.6 Å². The molecule has 0 bridgehead atoms. The number of thiocarbonyl (C=S) groups is 1. The Balaban J connectivity index is 2.20. The van der Waals surface area contributed by atoms with E-state index >= 15 is 0 Å². The lowest BCUT2D eigenvalue weighted by molar-refractivity contribution is -0.385. The highest BCUT2D eigenvalue weighted by molar-refractivity contribution is 7.80. The van der Waals surface area contributed by atoms with E-state index in [1.165, 1.54) is 36.4 Å². The summed E-state index contributed by atoms with van der Waals surface area (Å²) in [4.78, 5) is 34.1. The predicted octanol–water partition coefficient (Wildman–Crippen LogP) is 2.37. The van der Waals surface area contributed by atoms with Gasteiger partial charge >= 0.3 is 0 Å². The minimum Gasteiger partial charge on any atom is -0.545 e. The first-order valence-corrected chi connectivity index (χ1v) is 9.54. The molecule has 2 rings (SSSR count). The van der Waals surface area contributed by atoms with E-state index in [2.05, 4.69) is 16.0 Å². The van der Waals surface area contributed by atoms with Crippen LogP contribution in [0.25, 0.3) is 0 Å². The number of nitro benzene ring substituents is 1. The van der Waals surface area contributed by atoms with Crippen LogP contribution in [0.2, 0.25) is 0 Å². The second-order valence-corrected chi connectivity index (χ2v) is 8.43. The predicted molar refractivity (Wildman–Crippen MR) is 115 cm³/mol. The number of rotatable bonds is 6. The number of para-hydroxylation sites is 2. The molecule has 1 atom stereocenters. The first kappa shape index (κ1) is 23.6. The molecule has 9 nitrogen and oxygen atoms in total. The van der Waals surface area contributed by atoms with Gasteiger partial charge in [-0.05, 0) is 24.4 Å². The number of hydrogen-bond donors (Lipinski definition) is 3. The van der Waals surface area contributed by atoms with Crippen molar-refractivity contribution in [1.82, 2.24) is 10.6 Å². The van der Waals surface area contributed by atoms with Crippen molar-refractivity contribution in [2.24, 2.45) is 0 Å². The van der Waals surface area contributed by atoms with E-state index in [9.17, 15) is 24.8 Å². The topological polar surface area (TPSA) is 136 Å². The second-order valence-electron chi connectivity index (χ2n) is 5.65. The standard InChI is InChI=1S/C17H13Cl3N4O5S/c18-17(19,20)15(22-13(25)10-6-2-4-8-12(10)24(28)29)23-16(30)21-11-7-3-1-5-9(11)14(26)27/h1-8,15H,(H,22,25)(H,26,27)(H2,21,23,30)/p-1/t15-/m1/s1. The summed E-state index contributed by atoms with van der Waals surface area (Å²) in [5, 5.41) is 29.6. The summed E-state index contributed by atoms with van der Waals surface area (Å²) in [6.45, 7) is 0. The SMILES string of the molecule is O=C([O-])c1ccccc1NC(=S)N[C@@H](NC(=O)c1ccccc1[N+](=O)[O-])C(Cl)(Cl)Cl. The molecule has 0 unspecified atom stereocenters. The van der Waals surface area contributed by atoms with E-state index < -0.39 is 32.4 Å². The number of carbonyl (C=O) groups excluding carboxylic acids is 2. The zero-order chi connectivity index (χ0) is 22.5. The minimum absolute atomic E-state index is 0.100. The van der Waals surface area contributed by atoms with E-state index in [0.29, 0.717) is 0 Å². The average molecular weight is 491 g/mol. The van der Waals surface area contributed by atoms with Crippen LogP contribution in [0.5, 0.6) is 0 Å². The number of halogens is 3. The Morgan fingerprint density at radius 2 is 1.57 bits per heavy atom. The Hall–Kier alpha value is -2.66. The lowest BCUT2D eigenvalue weighted by Crippen LogP contribution is -2.56. The monoisotopic (exact) mass is 489 g/mol. The quantitative estimate of drug-likeness (QED) is 0.185. The summed E-state index contributed by atoms with van der Waals surface area (Å²) in [6.07, 6.45) is -1.43. The van der Waals surface area contributed by atoms with Crippen LogP contribution in [0.15, 0.2) is 48.5 Å². The highest BCUT2D eigenvalue weighted by Crippen LogP contribution is 2.30. The van der Waals surface area contributed by atoms with Gasteiger partial charge in [0, 0.05) is 17.3 Å². The number of amides is 1. The molecule has 0 aromatic heterocycles. The Kier molecular flexibility index (Phi) is 7.79. The number of carbonyl (C=O) groups is 2. The Labute approximate surface area is 190 Å². The Bertz CT molecular complexity index is 999. The van der Waals surface area contributed by atoms with E-state index in [1.807, 2.05) is 0 Å². The molecule has 0 fully saturated rings. The van der Waals surface area contributed by atoms with Gasteiger partial charge in [-0.25, -0.2) is 0 Å². The molecule has 0 saturated carbocycles. The van der Waals surface area contributed by atoms with Gasteiger partial charge in [0.25, 0.3) is 11.6 Å². The molecule has 0 aliphatic rings. The Morgan fingerprint density at radius 1 is 1.00 bits per heavy atom. The van der Waals surface area contributed by atoms with Crippen molar-refractivity contribution >= 4 is 75.4 Å². The zero-order valence-corrected chi connectivity index (χ0v) is 17.8. The third-order valence-corrected chi connectivity index (χ3v) is 4.49. The fourth-order valence-corrected chi connectivity index (χ4v) is 2.85. The van der Waals surface area contributed by atoms with E-state index in [4.69, 9.17) is 47.0 Å². The van der Waals surface area contributed by atoms with Crippen LogP contribution in [0.3, 0.4) is 0 Å². The summed E-state index contributed by atoms with van der Waals surface area (Å²) in [5.74, 6) is -2.34. The van der Waals surface area contributed by atoms with Crippen molar-refractivity contribution in [3.05, 3.63) is 69.8 Å². The first-order chi connectivity index (χ1) is 14.0. The maximum absolute atomic E-state index is 12.5. The van der Waals surface area contributed by atoms with Crippen LogP contribution >= 0.6 is 47.0 Å². The largest absolute Gasteiger partial charge is 0.545 e. The molecule has 13 heteroatoms. The van der Waals surface area contributed by atoms with Gasteiger partial charge < -0.3 is 25.9 Å². The van der Waals surface area contributed by atoms with Gasteiger partial charge in [0.15, 0.2) is 5.11 Å². The smallest absolute Gasteiger partial charge is 0.282 e. The first-order valence-electron chi connectivity index (χ1n) is 7.99. The molecule has 1 amide bonds. The number of benzene rings is 2. The van der Waals surface area contributed by atoms with E-state index in [-0.39, 0.29) is 21.9 Å². The fraction of sp³-hybridized carbons (Fsp3) is 0.118. The van der Waals surface area contributed by atoms with Crippen LogP contribution in [-0.4, -0.2) is 31.9 Å². The third-order valence-electron chi connectivity index (χ3n) is 3.62. The van der Waals surface area contributed by atoms with Crippen LogP contribution < -0.4 is 21.1 Å². The summed E-state index contributed by atoms with van der Waals surface area (Å²) in [7, 11) is 0. The molecular weight excluding hydrogens is 479 g/mol. The van der Waals surface area contributed by atoms with Gasteiger partial charge in [0.1, 0.15) is 11.7 Å². The van der Waals surface area contributed by atoms with Gasteiger partial charge in [0.05, 0.1) is 10.9 Å². The van der Waals surface area contributed by atoms with Gasteiger partial charge in [-0.2, -0.15) is 0 Å². The second kappa shape index (κ2) is 9.90. The molecule has 2 aromatic carbocycles. The van der Waals surface area contributed by atoms with Crippen molar-refractivity contribution in [2.45, 2.75) is 9.96 Å². The number of aromatic carboxylic acids is 1. The van der Waals surface area contributed by atoms with Crippen LogP contribution in [-0.2, 0) is 0 Å². The number of anilines is 1. The van der Waals surface area contributed by atoms with Crippen LogP contribution in [0.1, 0.15) is 20.7 Å². The number of alkyl halides is 3. The van der Waals surface area contributed by atoms with Crippen molar-refractivity contribution in [2.75, 3.05) is 5.32 Å². The molecule has 0 aliphatic carbocycles. The number of carboxylic acids is 1. The number of nitro groups is 1. The Morgan fingerprint density at radius 3 is 2.13 bits per heavy atom. The molecule has 3 N–H and O–H groups in total. The fourth-order valence-electron chi connectivity index (χ4n) is 2.29. The lowest BCUT2D eigenvalue weighted by Gasteiger charge is -2.28. The van der Waals surface area contributed by atoms with Crippen molar-refractivity contribution in [3.63, 3.8) is 0 Å². The summed E-state index contributed by atoms with van der Waals surface area (Å²) in [6, 6.07) is 11.0. The normalized spacial score (nSPS) is 11.8. The number of hydrogen-bond acceptors (Lipinski definition) is 6. The van der Waals surface area contributed by atoms with E-state index in [0.717, 1.165) is 6.07 Å². The third kappa shape index (κ3) is 6.17. The maximum atomic E-state index is 12.5. The lowest BCUT2D eigenvalue weighted by atomic mass is 10.1. The molecule has 0 radical (unpaired) electrons.